The van der Waals surface area contributed by atoms with Crippen molar-refractivity contribution in [3.05, 3.63) is 53.4 Å². The molecule has 0 bridgehead atoms. The van der Waals surface area contributed by atoms with E-state index in [2.05, 4.69) is 50.8 Å². The minimum Gasteiger partial charge on any atom is -0.384 e. The molecular formula is C18H22N6. The van der Waals surface area contributed by atoms with Gasteiger partial charge in [0.1, 0.15) is 17.5 Å². The van der Waals surface area contributed by atoms with Gasteiger partial charge in [-0.25, -0.2) is 4.98 Å². The second-order valence-electron chi connectivity index (χ2n) is 6.67. The Morgan fingerprint density at radius 2 is 2.08 bits per heavy atom. The minimum atomic E-state index is 0.244. The van der Waals surface area contributed by atoms with Crippen molar-refractivity contribution in [3.8, 4) is 0 Å². The van der Waals surface area contributed by atoms with Crippen LogP contribution in [0.3, 0.4) is 0 Å². The second kappa shape index (κ2) is 5.47. The monoisotopic (exact) mass is 322 g/mol. The molecule has 2 aromatic rings. The molecule has 0 amide bonds. The van der Waals surface area contributed by atoms with Crippen LogP contribution < -0.4 is 5.73 Å². The summed E-state index contributed by atoms with van der Waals surface area (Å²) in [6, 6.07) is 4.13. The van der Waals surface area contributed by atoms with E-state index in [4.69, 9.17) is 5.73 Å². The Labute approximate surface area is 141 Å². The van der Waals surface area contributed by atoms with Crippen molar-refractivity contribution in [3.63, 3.8) is 0 Å². The molecule has 0 saturated heterocycles. The summed E-state index contributed by atoms with van der Waals surface area (Å²) in [4.78, 5) is 6.57. The highest BCUT2D eigenvalue weighted by molar-refractivity contribution is 5.76. The van der Waals surface area contributed by atoms with Gasteiger partial charge in [0.25, 0.3) is 0 Å². The van der Waals surface area contributed by atoms with Crippen LogP contribution in [0.5, 0.6) is 0 Å². The summed E-state index contributed by atoms with van der Waals surface area (Å²) in [5.74, 6) is 2.94. The van der Waals surface area contributed by atoms with E-state index in [1.807, 2.05) is 25.3 Å². The molecule has 0 saturated carbocycles. The van der Waals surface area contributed by atoms with Gasteiger partial charge in [-0.05, 0) is 36.3 Å². The molecule has 4 rings (SSSR count). The highest BCUT2D eigenvalue weighted by Crippen LogP contribution is 2.40. The Hall–Kier alpha value is -2.63. The van der Waals surface area contributed by atoms with E-state index in [1.54, 1.807) is 0 Å². The summed E-state index contributed by atoms with van der Waals surface area (Å²) >= 11 is 0. The molecule has 0 fully saturated rings. The molecule has 124 valence electrons. The first-order valence-corrected chi connectivity index (χ1v) is 8.31. The summed E-state index contributed by atoms with van der Waals surface area (Å²) in [5.41, 5.74) is 9.32. The van der Waals surface area contributed by atoms with Crippen molar-refractivity contribution in [1.29, 1.82) is 0 Å². The van der Waals surface area contributed by atoms with Gasteiger partial charge in [0.2, 0.25) is 0 Å². The first kappa shape index (κ1) is 14.9. The lowest BCUT2D eigenvalue weighted by molar-refractivity contribution is 0.341. The van der Waals surface area contributed by atoms with Gasteiger partial charge in [0.05, 0.1) is 6.04 Å². The van der Waals surface area contributed by atoms with Crippen LogP contribution in [0.4, 0.5) is 5.82 Å². The van der Waals surface area contributed by atoms with Crippen molar-refractivity contribution in [2.75, 3.05) is 19.3 Å². The lowest BCUT2D eigenvalue weighted by Gasteiger charge is -2.34. The average Bonchev–Trinajstić information content (AvgIpc) is 2.85. The third-order valence-corrected chi connectivity index (χ3v) is 4.99. The molecule has 6 heteroatoms. The number of nitrogens with zero attached hydrogens (tertiary/aromatic N) is 5. The number of allylic oxidation sites excluding steroid dienone is 4. The third kappa shape index (κ3) is 2.29. The van der Waals surface area contributed by atoms with E-state index < -0.39 is 0 Å². The second-order valence-corrected chi connectivity index (χ2v) is 6.67. The van der Waals surface area contributed by atoms with Crippen molar-refractivity contribution in [1.82, 2.24) is 24.6 Å². The highest BCUT2D eigenvalue weighted by atomic mass is 15.3. The fraction of sp³-hybridized carbons (Fsp3) is 0.389. The number of hydrogen-bond donors (Lipinski definition) is 1. The molecule has 1 aliphatic heterocycles. The highest BCUT2D eigenvalue weighted by Gasteiger charge is 2.33. The molecule has 0 aromatic carbocycles. The molecular weight excluding hydrogens is 300 g/mol. The molecule has 2 aliphatic rings. The van der Waals surface area contributed by atoms with Gasteiger partial charge < -0.3 is 15.2 Å². The van der Waals surface area contributed by atoms with Gasteiger partial charge in [0, 0.05) is 37.8 Å². The molecule has 2 N–H and O–H groups in total. The topological polar surface area (TPSA) is 72.9 Å². The maximum absolute atomic E-state index is 5.72. The van der Waals surface area contributed by atoms with Crippen LogP contribution in [-0.2, 0) is 6.42 Å². The zero-order chi connectivity index (χ0) is 16.8. The Bertz CT molecular complexity index is 830. The minimum absolute atomic E-state index is 0.244. The number of likely N-dealkylation sites (N-methyl/N-ethyl adjacent to an activating group) is 1. The molecule has 6 nitrogen and oxygen atoms in total. The number of nitrogen functional groups attached to an aromatic ring is 1. The molecule has 2 unspecified atom stereocenters. The van der Waals surface area contributed by atoms with Gasteiger partial charge in [-0.2, -0.15) is 0 Å². The molecule has 24 heavy (non-hydrogen) atoms. The number of aromatic nitrogens is 4. The Morgan fingerprint density at radius 3 is 2.83 bits per heavy atom. The van der Waals surface area contributed by atoms with Crippen LogP contribution in [0.2, 0.25) is 0 Å². The fourth-order valence-corrected chi connectivity index (χ4v) is 3.74. The SMILES string of the molecule is Cc1nnc2n1C1C(=CC(c3ccc(N)nc3)=CC1C)N(C)CC2. The summed E-state index contributed by atoms with van der Waals surface area (Å²) < 4.78 is 2.30. The maximum atomic E-state index is 5.72. The van der Waals surface area contributed by atoms with E-state index in [-0.39, 0.29) is 6.04 Å². The molecule has 2 atom stereocenters. The van der Waals surface area contributed by atoms with E-state index in [0.717, 1.165) is 30.2 Å². The maximum Gasteiger partial charge on any atom is 0.135 e. The quantitative estimate of drug-likeness (QED) is 0.871. The van der Waals surface area contributed by atoms with Crippen molar-refractivity contribution < 1.29 is 0 Å². The van der Waals surface area contributed by atoms with Crippen LogP contribution in [-0.4, -0.2) is 38.2 Å². The molecule has 2 aromatic heterocycles. The number of rotatable bonds is 1. The molecule has 0 spiro atoms. The third-order valence-electron chi connectivity index (χ3n) is 4.99. The fourth-order valence-electron chi connectivity index (χ4n) is 3.74. The van der Waals surface area contributed by atoms with Gasteiger partial charge in [0.15, 0.2) is 0 Å². The standard InChI is InChI=1S/C18H22N6/c1-11-8-14(13-4-5-16(19)20-10-13)9-15-18(11)24-12(2)21-22-17(24)6-7-23(15)3/h4-5,8-11,18H,6-7H2,1-3H3,(H2,19,20). The van der Waals surface area contributed by atoms with Crippen LogP contribution in [0, 0.1) is 12.8 Å². The Morgan fingerprint density at radius 1 is 1.25 bits per heavy atom. The summed E-state index contributed by atoms with van der Waals surface area (Å²) in [5, 5.41) is 8.68. The Kier molecular flexibility index (Phi) is 3.40. The van der Waals surface area contributed by atoms with Crippen LogP contribution in [0.25, 0.3) is 5.57 Å². The van der Waals surface area contributed by atoms with Gasteiger partial charge >= 0.3 is 0 Å². The van der Waals surface area contributed by atoms with E-state index >= 15 is 0 Å². The normalized spacial score (nSPS) is 23.0. The van der Waals surface area contributed by atoms with Crippen molar-refractivity contribution in [2.45, 2.75) is 26.3 Å². The first-order valence-electron chi connectivity index (χ1n) is 8.31. The Balaban J connectivity index is 1.81. The predicted octanol–water partition coefficient (Wildman–Crippen LogP) is 2.21. The van der Waals surface area contributed by atoms with Crippen molar-refractivity contribution in [2.24, 2.45) is 5.92 Å². The van der Waals surface area contributed by atoms with Crippen LogP contribution in [0.15, 0.2) is 36.2 Å². The molecule has 3 heterocycles. The summed E-state index contributed by atoms with van der Waals surface area (Å²) in [7, 11) is 2.16. The van der Waals surface area contributed by atoms with Crippen molar-refractivity contribution >= 4 is 11.4 Å². The lowest BCUT2D eigenvalue weighted by atomic mass is 9.87. The van der Waals surface area contributed by atoms with E-state index in [9.17, 15) is 0 Å². The smallest absolute Gasteiger partial charge is 0.135 e. The zero-order valence-electron chi connectivity index (χ0n) is 14.3. The number of fused-ring (bicyclic) bond motifs is 3. The average molecular weight is 322 g/mol. The number of pyridine rings is 1. The van der Waals surface area contributed by atoms with E-state index in [0.29, 0.717) is 11.7 Å². The van der Waals surface area contributed by atoms with E-state index in [1.165, 1.54) is 11.3 Å². The van der Waals surface area contributed by atoms with Crippen LogP contribution >= 0.6 is 0 Å². The molecule has 0 radical (unpaired) electrons. The first-order chi connectivity index (χ1) is 11.5. The number of anilines is 1. The van der Waals surface area contributed by atoms with Gasteiger partial charge in [-0.15, -0.1) is 10.2 Å². The number of aryl methyl sites for hydroxylation is 1. The van der Waals surface area contributed by atoms with Crippen LogP contribution in [0.1, 0.15) is 30.2 Å². The zero-order valence-corrected chi connectivity index (χ0v) is 14.3. The molecule has 1 aliphatic carbocycles. The van der Waals surface area contributed by atoms with Gasteiger partial charge in [-0.3, -0.25) is 0 Å². The summed E-state index contributed by atoms with van der Waals surface area (Å²) in [6.07, 6.45) is 7.34. The largest absolute Gasteiger partial charge is 0.384 e. The predicted molar refractivity (Wildman–Crippen MR) is 94.0 cm³/mol. The van der Waals surface area contributed by atoms with Gasteiger partial charge in [-0.1, -0.05) is 13.0 Å². The lowest BCUT2D eigenvalue weighted by Crippen LogP contribution is -2.29. The summed E-state index contributed by atoms with van der Waals surface area (Å²) in [6.45, 7) is 5.24. The number of hydrogen-bond acceptors (Lipinski definition) is 5. The number of nitrogens with two attached hydrogens (primary N) is 1.